The molecule has 0 amide bonds. The number of likely N-dealkylation sites (tertiary alicyclic amines) is 1. The number of rotatable bonds is 4. The van der Waals surface area contributed by atoms with Crippen molar-refractivity contribution in [1.82, 2.24) is 14.5 Å². The molecule has 126 valence electrons. The van der Waals surface area contributed by atoms with E-state index in [1.54, 1.807) is 0 Å². The van der Waals surface area contributed by atoms with Gasteiger partial charge in [-0.15, -0.1) is 12.4 Å². The number of hydrogen-bond acceptors (Lipinski definition) is 2. The predicted molar refractivity (Wildman–Crippen MR) is 102 cm³/mol. The summed E-state index contributed by atoms with van der Waals surface area (Å²) in [5.41, 5.74) is 3.18. The van der Waals surface area contributed by atoms with Crippen molar-refractivity contribution in [1.29, 1.82) is 0 Å². The van der Waals surface area contributed by atoms with Crippen LogP contribution in [0.3, 0.4) is 0 Å². The fourth-order valence-electron chi connectivity index (χ4n) is 3.09. The summed E-state index contributed by atoms with van der Waals surface area (Å²) in [6.45, 7) is 0.750. The molecule has 1 aromatic heterocycles. The van der Waals surface area contributed by atoms with Crippen LogP contribution in [-0.2, 0) is 13.1 Å². The summed E-state index contributed by atoms with van der Waals surface area (Å²) in [5.74, 6) is 0.905. The SMILES string of the molecule is Cl.[2H]C1([2H])CCCN1Cc1nc2ccccc2n1Cc1ccc(Cl)cc1. The van der Waals surface area contributed by atoms with Crippen molar-refractivity contribution in [2.45, 2.75) is 25.9 Å². The summed E-state index contributed by atoms with van der Waals surface area (Å²) in [5, 5.41) is 0.727. The van der Waals surface area contributed by atoms with Gasteiger partial charge in [0.2, 0.25) is 0 Å². The van der Waals surface area contributed by atoms with E-state index in [1.807, 2.05) is 47.4 Å². The van der Waals surface area contributed by atoms with Crippen molar-refractivity contribution in [3.8, 4) is 0 Å². The molecule has 4 rings (SSSR count). The van der Waals surface area contributed by atoms with Gasteiger partial charge < -0.3 is 4.57 Å². The van der Waals surface area contributed by atoms with E-state index in [0.29, 0.717) is 19.5 Å². The van der Waals surface area contributed by atoms with Gasteiger partial charge in [-0.1, -0.05) is 35.9 Å². The Hall–Kier alpha value is -1.55. The summed E-state index contributed by atoms with van der Waals surface area (Å²) in [6.07, 6.45) is 1.48. The van der Waals surface area contributed by atoms with Gasteiger partial charge in [-0.2, -0.15) is 0 Å². The Balaban J connectivity index is 0.00000196. The Kier molecular flexibility index (Phi) is 4.65. The number of benzene rings is 2. The van der Waals surface area contributed by atoms with Gasteiger partial charge >= 0.3 is 0 Å². The predicted octanol–water partition coefficient (Wildman–Crippen LogP) is 4.76. The fraction of sp³-hybridized carbons (Fsp3) is 0.316. The topological polar surface area (TPSA) is 21.1 Å². The highest BCUT2D eigenvalue weighted by atomic mass is 35.5. The molecule has 3 nitrogen and oxygen atoms in total. The molecule has 0 radical (unpaired) electrons. The van der Waals surface area contributed by atoms with Gasteiger partial charge in [-0.25, -0.2) is 4.98 Å². The largest absolute Gasteiger partial charge is 0.322 e. The number of halogens is 2. The van der Waals surface area contributed by atoms with Gasteiger partial charge in [0.1, 0.15) is 5.82 Å². The van der Waals surface area contributed by atoms with Crippen LogP contribution in [0.15, 0.2) is 48.5 Å². The van der Waals surface area contributed by atoms with Crippen molar-refractivity contribution >= 4 is 35.0 Å². The quantitative estimate of drug-likeness (QED) is 0.666. The molecule has 1 fully saturated rings. The number of hydrogen-bond donors (Lipinski definition) is 0. The van der Waals surface area contributed by atoms with Crippen LogP contribution in [0.25, 0.3) is 11.0 Å². The molecule has 0 bridgehead atoms. The third-order valence-corrected chi connectivity index (χ3v) is 4.51. The summed E-state index contributed by atoms with van der Waals surface area (Å²) in [7, 11) is 0. The molecule has 5 heteroatoms. The first-order valence-corrected chi connectivity index (χ1v) is 8.34. The third-order valence-electron chi connectivity index (χ3n) is 4.26. The highest BCUT2D eigenvalue weighted by Gasteiger charge is 2.17. The molecule has 1 aliphatic rings. The van der Waals surface area contributed by atoms with E-state index in [2.05, 4.69) is 10.6 Å². The zero-order valence-electron chi connectivity index (χ0n) is 15.3. The van der Waals surface area contributed by atoms with E-state index >= 15 is 0 Å². The molecule has 3 aromatic rings. The summed E-state index contributed by atoms with van der Waals surface area (Å²) >= 11 is 6.00. The highest BCUT2D eigenvalue weighted by molar-refractivity contribution is 6.30. The first-order valence-electron chi connectivity index (χ1n) is 8.97. The van der Waals surface area contributed by atoms with Crippen molar-refractivity contribution in [2.75, 3.05) is 13.0 Å². The van der Waals surface area contributed by atoms with Crippen LogP contribution in [0.5, 0.6) is 0 Å². The Morgan fingerprint density at radius 3 is 2.58 bits per heavy atom. The number of nitrogens with zero attached hydrogens (tertiary/aromatic N) is 3. The zero-order valence-corrected chi connectivity index (χ0v) is 14.9. The monoisotopic (exact) mass is 363 g/mol. The Labute approximate surface area is 156 Å². The highest BCUT2D eigenvalue weighted by Crippen LogP contribution is 2.21. The van der Waals surface area contributed by atoms with E-state index < -0.39 is 6.50 Å². The second kappa shape index (κ2) is 7.56. The number of fused-ring (bicyclic) bond motifs is 1. The molecule has 0 N–H and O–H groups in total. The molecular weight excluding hydrogens is 341 g/mol. The van der Waals surface area contributed by atoms with Crippen molar-refractivity contribution in [3.05, 3.63) is 64.9 Å². The van der Waals surface area contributed by atoms with Crippen LogP contribution in [0.1, 0.15) is 27.0 Å². The van der Waals surface area contributed by atoms with E-state index in [0.717, 1.165) is 40.4 Å². The lowest BCUT2D eigenvalue weighted by Gasteiger charge is -2.16. The fourth-order valence-corrected chi connectivity index (χ4v) is 3.21. The first-order chi connectivity index (χ1) is 12.0. The average molecular weight is 364 g/mol. The molecule has 0 aliphatic carbocycles. The Morgan fingerprint density at radius 2 is 1.83 bits per heavy atom. The van der Waals surface area contributed by atoms with Gasteiger partial charge in [-0.05, 0) is 55.7 Å². The van der Waals surface area contributed by atoms with Crippen LogP contribution in [0.2, 0.25) is 5.02 Å². The minimum absolute atomic E-state index is 0. The van der Waals surface area contributed by atoms with Crippen LogP contribution in [0, 0.1) is 0 Å². The van der Waals surface area contributed by atoms with Crippen molar-refractivity contribution < 1.29 is 2.74 Å². The Bertz CT molecular complexity index is 893. The second-order valence-corrected chi connectivity index (χ2v) is 6.35. The Morgan fingerprint density at radius 1 is 1.04 bits per heavy atom. The molecular formula is C19H21Cl2N3. The molecule has 0 saturated carbocycles. The summed E-state index contributed by atoms with van der Waals surface area (Å²) < 4.78 is 18.6. The van der Waals surface area contributed by atoms with Crippen LogP contribution >= 0.6 is 24.0 Å². The van der Waals surface area contributed by atoms with Gasteiger partial charge in [0.05, 0.1) is 17.6 Å². The van der Waals surface area contributed by atoms with E-state index in [4.69, 9.17) is 19.3 Å². The minimum Gasteiger partial charge on any atom is -0.322 e. The normalized spacial score (nSPS) is 18.2. The van der Waals surface area contributed by atoms with Crippen molar-refractivity contribution in [2.24, 2.45) is 0 Å². The minimum atomic E-state index is -1.25. The standard InChI is InChI=1S/C19H20ClN3.ClH/c20-16-9-7-15(8-10-16)13-23-18-6-2-1-5-17(18)21-19(23)14-22-11-3-4-12-22;/h1-2,5-10H,3-4,11-14H2;1H/i11D2;. The van der Waals surface area contributed by atoms with E-state index in [-0.39, 0.29) is 12.4 Å². The summed E-state index contributed by atoms with van der Waals surface area (Å²) in [6, 6.07) is 15.9. The van der Waals surface area contributed by atoms with Gasteiger partial charge in [-0.3, -0.25) is 4.90 Å². The van der Waals surface area contributed by atoms with Crippen molar-refractivity contribution in [3.63, 3.8) is 0 Å². The third kappa shape index (κ3) is 3.59. The number of aromatic nitrogens is 2. The number of para-hydroxylation sites is 2. The maximum Gasteiger partial charge on any atom is 0.124 e. The second-order valence-electron chi connectivity index (χ2n) is 5.91. The van der Waals surface area contributed by atoms with Crippen LogP contribution in [-0.4, -0.2) is 27.5 Å². The maximum atomic E-state index is 8.18. The van der Waals surface area contributed by atoms with E-state index in [9.17, 15) is 0 Å². The van der Waals surface area contributed by atoms with Gasteiger partial charge in [0.25, 0.3) is 0 Å². The lowest BCUT2D eigenvalue weighted by atomic mass is 10.2. The molecule has 0 unspecified atom stereocenters. The van der Waals surface area contributed by atoms with Crippen LogP contribution < -0.4 is 0 Å². The van der Waals surface area contributed by atoms with E-state index in [1.165, 1.54) is 0 Å². The molecule has 2 aromatic carbocycles. The lowest BCUT2D eigenvalue weighted by Crippen LogP contribution is -2.21. The van der Waals surface area contributed by atoms with Gasteiger partial charge in [0.15, 0.2) is 0 Å². The smallest absolute Gasteiger partial charge is 0.124 e. The maximum absolute atomic E-state index is 8.18. The first kappa shape index (κ1) is 14.8. The molecule has 1 aliphatic heterocycles. The number of imidazole rings is 1. The van der Waals surface area contributed by atoms with Gasteiger partial charge in [0, 0.05) is 14.3 Å². The molecule has 0 atom stereocenters. The zero-order chi connectivity index (χ0) is 17.4. The molecule has 0 spiro atoms. The molecule has 1 saturated heterocycles. The summed E-state index contributed by atoms with van der Waals surface area (Å²) in [4.78, 5) is 6.68. The lowest BCUT2D eigenvalue weighted by molar-refractivity contribution is 0.318. The molecule has 24 heavy (non-hydrogen) atoms. The van der Waals surface area contributed by atoms with Crippen LogP contribution in [0.4, 0.5) is 0 Å². The average Bonchev–Trinajstić information content (AvgIpc) is 3.10. The molecule has 2 heterocycles.